The third-order valence-corrected chi connectivity index (χ3v) is 3.91. The summed E-state index contributed by atoms with van der Waals surface area (Å²) in [5.74, 6) is 0. The highest BCUT2D eigenvalue weighted by Gasteiger charge is 2.15. The van der Waals surface area contributed by atoms with E-state index in [1.807, 2.05) is 36.9 Å². The zero-order chi connectivity index (χ0) is 14.6. The van der Waals surface area contributed by atoms with Crippen LogP contribution in [0.4, 0.5) is 0 Å². The van der Waals surface area contributed by atoms with Gasteiger partial charge in [0.1, 0.15) is 12.7 Å². The van der Waals surface area contributed by atoms with Gasteiger partial charge in [-0.1, -0.05) is 0 Å². The summed E-state index contributed by atoms with van der Waals surface area (Å²) in [5, 5.41) is 0. The van der Waals surface area contributed by atoms with Crippen molar-refractivity contribution in [3.05, 3.63) is 49.1 Å². The third-order valence-electron chi connectivity index (χ3n) is 3.13. The minimum absolute atomic E-state index is 0.140. The molecule has 0 saturated heterocycles. The van der Waals surface area contributed by atoms with Gasteiger partial charge in [0.05, 0.1) is 0 Å². The van der Waals surface area contributed by atoms with Crippen LogP contribution in [0.15, 0.2) is 49.1 Å². The molecule has 0 aliphatic rings. The van der Waals surface area contributed by atoms with Crippen LogP contribution in [0.3, 0.4) is 0 Å². The first-order chi connectivity index (χ1) is 9.48. The van der Waals surface area contributed by atoms with Crippen LogP contribution >= 0.6 is 7.60 Å². The van der Waals surface area contributed by atoms with E-state index in [-0.39, 0.29) is 6.16 Å². The molecule has 0 fully saturated rings. The Balaban J connectivity index is 2.09. The maximum Gasteiger partial charge on any atom is 0.331 e. The highest BCUT2D eigenvalue weighted by atomic mass is 31.2. The molecule has 2 rings (SSSR count). The molecule has 2 N–H and O–H groups in total. The van der Waals surface area contributed by atoms with E-state index in [4.69, 9.17) is 9.79 Å². The quantitative estimate of drug-likeness (QED) is 0.642. The Morgan fingerprint density at radius 1 is 0.950 bits per heavy atom. The van der Waals surface area contributed by atoms with Crippen molar-refractivity contribution in [2.75, 3.05) is 6.16 Å². The molecule has 2 aromatic heterocycles. The van der Waals surface area contributed by atoms with Gasteiger partial charge in [-0.3, -0.25) is 4.57 Å². The average molecular weight is 294 g/mol. The Morgan fingerprint density at radius 3 is 1.80 bits per heavy atom. The topological polar surface area (TPSA) is 65.3 Å². The summed E-state index contributed by atoms with van der Waals surface area (Å²) in [7, 11) is -3.93. The molecule has 2 heterocycles. The molecule has 0 saturated carbocycles. The lowest BCUT2D eigenvalue weighted by atomic mass is 10.1. The second-order valence-electron chi connectivity index (χ2n) is 4.63. The summed E-state index contributed by atoms with van der Waals surface area (Å²) in [6.45, 7) is 3.35. The molecule has 0 aromatic carbocycles. The van der Waals surface area contributed by atoms with E-state index < -0.39 is 7.60 Å². The predicted molar refractivity (Wildman–Crippen MR) is 74.9 cm³/mol. The van der Waals surface area contributed by atoms with Gasteiger partial charge >= 0.3 is 7.60 Å². The van der Waals surface area contributed by atoms with Crippen molar-refractivity contribution in [3.8, 4) is 11.1 Å². The Bertz CT molecular complexity index is 605. The second kappa shape index (κ2) is 6.27. The van der Waals surface area contributed by atoms with E-state index in [0.717, 1.165) is 17.7 Å². The summed E-state index contributed by atoms with van der Waals surface area (Å²) in [4.78, 5) is 17.7. The van der Waals surface area contributed by atoms with Gasteiger partial charge in [-0.15, -0.1) is 0 Å². The van der Waals surface area contributed by atoms with Gasteiger partial charge in [-0.25, -0.2) is 9.13 Å². The Hall–Kier alpha value is -1.55. The first-order valence-electron chi connectivity index (χ1n) is 6.51. The number of hydrogen-bond donors (Lipinski definition) is 2. The Kier molecular flexibility index (Phi) is 4.65. The lowest BCUT2D eigenvalue weighted by Gasteiger charge is -2.02. The second-order valence-corrected chi connectivity index (χ2v) is 6.41. The molecule has 0 radical (unpaired) electrons. The SMILES string of the molecule is CC[n+]1ccc(-c2cc[n+](CCP(=O)(O)O)cc2)cc1. The lowest BCUT2D eigenvalue weighted by molar-refractivity contribution is -0.693. The van der Waals surface area contributed by atoms with E-state index in [0.29, 0.717) is 6.54 Å². The molecule has 0 aliphatic heterocycles. The monoisotopic (exact) mass is 294 g/mol. The number of rotatable bonds is 5. The molecular weight excluding hydrogens is 275 g/mol. The summed E-state index contributed by atoms with van der Waals surface area (Å²) < 4.78 is 14.7. The first-order valence-corrected chi connectivity index (χ1v) is 8.31. The molecule has 0 atom stereocenters. The van der Waals surface area contributed by atoms with Crippen molar-refractivity contribution in [1.82, 2.24) is 0 Å². The van der Waals surface area contributed by atoms with E-state index in [1.165, 1.54) is 0 Å². The molecule has 0 amide bonds. The fraction of sp³-hybridized carbons (Fsp3) is 0.286. The van der Waals surface area contributed by atoms with Crippen LogP contribution in [0, 0.1) is 0 Å². The van der Waals surface area contributed by atoms with Crippen LogP contribution in [0.1, 0.15) is 6.92 Å². The van der Waals surface area contributed by atoms with Crippen LogP contribution in [0.25, 0.3) is 11.1 Å². The fourth-order valence-electron chi connectivity index (χ4n) is 1.91. The van der Waals surface area contributed by atoms with E-state index in [9.17, 15) is 4.57 Å². The summed E-state index contributed by atoms with van der Waals surface area (Å²) in [5.41, 5.74) is 2.21. The summed E-state index contributed by atoms with van der Waals surface area (Å²) in [6.07, 6.45) is 7.60. The lowest BCUT2D eigenvalue weighted by Crippen LogP contribution is -2.34. The Labute approximate surface area is 118 Å². The highest BCUT2D eigenvalue weighted by Crippen LogP contribution is 2.33. The van der Waals surface area contributed by atoms with Gasteiger partial charge in [0.15, 0.2) is 31.3 Å². The standard InChI is InChI=1S/C14H17N2O3P/c1-2-15-7-3-13(4-8-15)14-5-9-16(10-6-14)11-12-20(17,18)19/h3-10H,2,11-12H2,1H3/p+2. The molecular formula is C14H19N2O3P+2. The van der Waals surface area contributed by atoms with Gasteiger partial charge in [0.25, 0.3) is 0 Å². The average Bonchev–Trinajstić information content (AvgIpc) is 2.45. The van der Waals surface area contributed by atoms with Crippen LogP contribution in [0.5, 0.6) is 0 Å². The smallest absolute Gasteiger partial charge is 0.324 e. The number of nitrogens with zero attached hydrogens (tertiary/aromatic N) is 2. The van der Waals surface area contributed by atoms with Crippen LogP contribution in [-0.4, -0.2) is 15.9 Å². The number of aromatic nitrogens is 2. The largest absolute Gasteiger partial charge is 0.331 e. The zero-order valence-electron chi connectivity index (χ0n) is 11.4. The van der Waals surface area contributed by atoms with Crippen molar-refractivity contribution in [1.29, 1.82) is 0 Å². The van der Waals surface area contributed by atoms with Crippen molar-refractivity contribution in [3.63, 3.8) is 0 Å². The molecule has 2 aromatic rings. The third kappa shape index (κ3) is 4.23. The molecule has 0 spiro atoms. The maximum atomic E-state index is 10.8. The van der Waals surface area contributed by atoms with Crippen LogP contribution < -0.4 is 9.13 Å². The van der Waals surface area contributed by atoms with Crippen molar-refractivity contribution in [2.24, 2.45) is 0 Å². The zero-order valence-corrected chi connectivity index (χ0v) is 12.3. The van der Waals surface area contributed by atoms with Gasteiger partial charge in [-0.05, 0) is 18.1 Å². The van der Waals surface area contributed by atoms with Gasteiger partial charge < -0.3 is 9.79 Å². The molecule has 20 heavy (non-hydrogen) atoms. The molecule has 0 unspecified atom stereocenters. The van der Waals surface area contributed by atoms with Crippen molar-refractivity contribution in [2.45, 2.75) is 20.0 Å². The van der Waals surface area contributed by atoms with Gasteiger partial charge in [-0.2, -0.15) is 0 Å². The number of hydrogen-bond acceptors (Lipinski definition) is 1. The predicted octanol–water partition coefficient (Wildman–Crippen LogP) is 1.13. The van der Waals surface area contributed by atoms with Crippen LogP contribution in [-0.2, 0) is 17.7 Å². The summed E-state index contributed by atoms with van der Waals surface area (Å²) >= 11 is 0. The first kappa shape index (κ1) is 14.9. The van der Waals surface area contributed by atoms with Gasteiger partial charge in [0, 0.05) is 24.3 Å². The van der Waals surface area contributed by atoms with E-state index in [1.54, 1.807) is 4.57 Å². The minimum atomic E-state index is -3.93. The number of aryl methyl sites for hydroxylation is 2. The van der Waals surface area contributed by atoms with Crippen LogP contribution in [0.2, 0.25) is 0 Å². The van der Waals surface area contributed by atoms with Crippen molar-refractivity contribution >= 4 is 7.60 Å². The molecule has 106 valence electrons. The molecule has 6 heteroatoms. The molecule has 0 bridgehead atoms. The maximum absolute atomic E-state index is 10.8. The van der Waals surface area contributed by atoms with Gasteiger partial charge in [0.2, 0.25) is 0 Å². The van der Waals surface area contributed by atoms with E-state index in [2.05, 4.69) is 23.6 Å². The molecule has 5 nitrogen and oxygen atoms in total. The minimum Gasteiger partial charge on any atom is -0.324 e. The fourth-order valence-corrected chi connectivity index (χ4v) is 2.40. The Morgan fingerprint density at radius 2 is 1.40 bits per heavy atom. The number of pyridine rings is 2. The van der Waals surface area contributed by atoms with E-state index >= 15 is 0 Å². The van der Waals surface area contributed by atoms with Crippen molar-refractivity contribution < 1.29 is 23.5 Å². The highest BCUT2D eigenvalue weighted by molar-refractivity contribution is 7.51. The molecule has 0 aliphatic carbocycles. The normalized spacial score (nSPS) is 11.6. The summed E-state index contributed by atoms with van der Waals surface area (Å²) in [6, 6.07) is 8.01.